The fraction of sp³-hybridized carbons (Fsp3) is 1.00. The average molecular weight is 342 g/mol. The fourth-order valence-corrected chi connectivity index (χ4v) is 2.13. The minimum Gasteiger partial charge on any atom is -0.394 e. The Kier molecular flexibility index (Phi) is 8.24. The topological polar surface area (TPSA) is 169 Å². The first-order valence-electron chi connectivity index (χ1n) is 7.31. The average Bonchev–Trinajstić information content (AvgIpc) is 2.52. The largest absolute Gasteiger partial charge is 0.394 e. The van der Waals surface area contributed by atoms with Crippen LogP contribution in [-0.2, 0) is 14.2 Å². The van der Waals surface area contributed by atoms with Gasteiger partial charge in [0.15, 0.2) is 12.6 Å². The van der Waals surface area contributed by atoms with Gasteiger partial charge in [0.1, 0.15) is 36.6 Å². The summed E-state index contributed by atoms with van der Waals surface area (Å²) >= 11 is 0. The van der Waals surface area contributed by atoms with E-state index in [9.17, 15) is 20.4 Å². The van der Waals surface area contributed by atoms with Crippen LogP contribution < -0.4 is 0 Å². The van der Waals surface area contributed by atoms with Crippen LogP contribution in [0.1, 0.15) is 13.8 Å². The molecule has 8 atom stereocenters. The maximum Gasteiger partial charge on any atom is 0.187 e. The maximum atomic E-state index is 9.87. The van der Waals surface area contributed by atoms with Crippen LogP contribution in [0.5, 0.6) is 0 Å². The molecule has 1 saturated heterocycles. The van der Waals surface area contributed by atoms with Crippen LogP contribution in [0.3, 0.4) is 0 Å². The third-order valence-electron chi connectivity index (χ3n) is 3.71. The number of aliphatic hydroxyl groups is 7. The van der Waals surface area contributed by atoms with Gasteiger partial charge >= 0.3 is 0 Å². The lowest BCUT2D eigenvalue weighted by Crippen LogP contribution is -2.60. The van der Waals surface area contributed by atoms with Crippen LogP contribution in [-0.4, -0.2) is 104 Å². The van der Waals surface area contributed by atoms with Crippen LogP contribution in [0.4, 0.5) is 0 Å². The Morgan fingerprint density at radius 3 is 2.04 bits per heavy atom. The van der Waals surface area contributed by atoms with E-state index in [1.165, 1.54) is 13.8 Å². The van der Waals surface area contributed by atoms with Gasteiger partial charge in [-0.3, -0.25) is 0 Å². The lowest BCUT2D eigenvalue weighted by Gasteiger charge is -2.41. The second-order valence-electron chi connectivity index (χ2n) is 5.51. The SMILES string of the molecule is CC(OC(CO)C(C)OC1OC(CO)C(O)C(O)C1O)C(O)O. The molecule has 23 heavy (non-hydrogen) atoms. The molecular formula is C13H26O10. The van der Waals surface area contributed by atoms with Crippen molar-refractivity contribution in [2.24, 2.45) is 0 Å². The van der Waals surface area contributed by atoms with Gasteiger partial charge in [0.05, 0.1) is 19.3 Å². The van der Waals surface area contributed by atoms with Gasteiger partial charge in [-0.2, -0.15) is 0 Å². The first-order valence-corrected chi connectivity index (χ1v) is 7.31. The van der Waals surface area contributed by atoms with E-state index >= 15 is 0 Å². The molecule has 8 unspecified atom stereocenters. The van der Waals surface area contributed by atoms with Crippen molar-refractivity contribution in [2.75, 3.05) is 13.2 Å². The molecule has 1 aliphatic rings. The van der Waals surface area contributed by atoms with Crippen molar-refractivity contribution in [3.05, 3.63) is 0 Å². The molecule has 0 aromatic rings. The minimum atomic E-state index is -1.75. The molecule has 1 rings (SSSR count). The van der Waals surface area contributed by atoms with Gasteiger partial charge in [0.2, 0.25) is 0 Å². The molecule has 0 aromatic carbocycles. The van der Waals surface area contributed by atoms with E-state index in [-0.39, 0.29) is 0 Å². The van der Waals surface area contributed by atoms with Gasteiger partial charge in [-0.15, -0.1) is 0 Å². The Morgan fingerprint density at radius 1 is 0.957 bits per heavy atom. The Labute approximate surface area is 133 Å². The first kappa shape index (κ1) is 20.6. The number of rotatable bonds is 8. The molecule has 0 saturated carbocycles. The van der Waals surface area contributed by atoms with Crippen molar-refractivity contribution in [3.8, 4) is 0 Å². The lowest BCUT2D eigenvalue weighted by molar-refractivity contribution is -0.319. The zero-order valence-electron chi connectivity index (χ0n) is 13.0. The van der Waals surface area contributed by atoms with Gasteiger partial charge in [-0.25, -0.2) is 0 Å². The molecule has 1 heterocycles. The van der Waals surface area contributed by atoms with Gasteiger partial charge < -0.3 is 50.0 Å². The van der Waals surface area contributed by atoms with Crippen molar-refractivity contribution in [2.45, 2.75) is 69.2 Å². The molecule has 0 radical (unpaired) electrons. The molecule has 138 valence electrons. The van der Waals surface area contributed by atoms with Crippen molar-refractivity contribution in [1.82, 2.24) is 0 Å². The Hall–Kier alpha value is -0.400. The highest BCUT2D eigenvalue weighted by Crippen LogP contribution is 2.24. The number of hydrogen-bond donors (Lipinski definition) is 7. The van der Waals surface area contributed by atoms with Gasteiger partial charge in [0.25, 0.3) is 0 Å². The first-order chi connectivity index (χ1) is 10.7. The lowest BCUT2D eigenvalue weighted by atomic mass is 9.99. The molecule has 0 bridgehead atoms. The molecule has 1 fully saturated rings. The zero-order chi connectivity index (χ0) is 17.7. The summed E-state index contributed by atoms with van der Waals surface area (Å²) in [5.74, 6) is 0. The van der Waals surface area contributed by atoms with E-state index in [0.29, 0.717) is 0 Å². The third kappa shape index (κ3) is 5.29. The van der Waals surface area contributed by atoms with E-state index in [2.05, 4.69) is 0 Å². The summed E-state index contributed by atoms with van der Waals surface area (Å²) in [6.45, 7) is 1.77. The second-order valence-corrected chi connectivity index (χ2v) is 5.51. The van der Waals surface area contributed by atoms with E-state index in [4.69, 9.17) is 29.5 Å². The predicted octanol–water partition coefficient (Wildman–Crippen LogP) is -3.73. The number of ether oxygens (including phenoxy) is 3. The van der Waals surface area contributed by atoms with Gasteiger partial charge in [0, 0.05) is 0 Å². The third-order valence-corrected chi connectivity index (χ3v) is 3.71. The van der Waals surface area contributed by atoms with Crippen molar-refractivity contribution in [1.29, 1.82) is 0 Å². The molecule has 1 aliphatic heterocycles. The highest BCUT2D eigenvalue weighted by Gasteiger charge is 2.45. The quantitative estimate of drug-likeness (QED) is 0.218. The Morgan fingerprint density at radius 2 is 1.57 bits per heavy atom. The summed E-state index contributed by atoms with van der Waals surface area (Å²) < 4.78 is 15.8. The molecular weight excluding hydrogens is 316 g/mol. The van der Waals surface area contributed by atoms with E-state index in [0.717, 1.165) is 0 Å². The summed E-state index contributed by atoms with van der Waals surface area (Å²) in [4.78, 5) is 0. The van der Waals surface area contributed by atoms with Crippen LogP contribution >= 0.6 is 0 Å². The standard InChI is InChI=1S/C13H26O10/c1-5(7(3-14)21-6(2)12(19)20)22-13-11(18)10(17)9(16)8(4-15)23-13/h5-20H,3-4H2,1-2H3. The second kappa shape index (κ2) is 9.18. The van der Waals surface area contributed by atoms with E-state index in [1.807, 2.05) is 0 Å². The normalized spacial score (nSPS) is 36.0. The molecule has 0 spiro atoms. The van der Waals surface area contributed by atoms with Gasteiger partial charge in [-0.1, -0.05) is 0 Å². The van der Waals surface area contributed by atoms with E-state index in [1.54, 1.807) is 0 Å². The monoisotopic (exact) mass is 342 g/mol. The Bertz CT molecular complexity index is 339. The van der Waals surface area contributed by atoms with E-state index < -0.39 is 68.5 Å². The maximum absolute atomic E-state index is 9.87. The Balaban J connectivity index is 2.67. The molecule has 0 amide bonds. The summed E-state index contributed by atoms with van der Waals surface area (Å²) in [7, 11) is 0. The smallest absolute Gasteiger partial charge is 0.187 e. The molecule has 7 N–H and O–H groups in total. The van der Waals surface area contributed by atoms with Crippen LogP contribution in [0, 0.1) is 0 Å². The van der Waals surface area contributed by atoms with Crippen LogP contribution in [0.25, 0.3) is 0 Å². The zero-order valence-corrected chi connectivity index (χ0v) is 13.0. The van der Waals surface area contributed by atoms with Crippen molar-refractivity contribution in [3.63, 3.8) is 0 Å². The van der Waals surface area contributed by atoms with Crippen molar-refractivity contribution >= 4 is 0 Å². The van der Waals surface area contributed by atoms with Crippen molar-refractivity contribution < 1.29 is 50.0 Å². The van der Waals surface area contributed by atoms with Gasteiger partial charge in [-0.05, 0) is 13.8 Å². The van der Waals surface area contributed by atoms with Crippen LogP contribution in [0.2, 0.25) is 0 Å². The van der Waals surface area contributed by atoms with Crippen LogP contribution in [0.15, 0.2) is 0 Å². The molecule has 10 nitrogen and oxygen atoms in total. The molecule has 0 aliphatic carbocycles. The highest BCUT2D eigenvalue weighted by molar-refractivity contribution is 4.89. The minimum absolute atomic E-state index is 0.504. The molecule has 0 aromatic heterocycles. The highest BCUT2D eigenvalue weighted by atomic mass is 16.7. The summed E-state index contributed by atoms with van der Waals surface area (Å²) in [5, 5.41) is 65.6. The number of hydrogen-bond acceptors (Lipinski definition) is 10. The molecule has 10 heteroatoms. The summed E-state index contributed by atoms with van der Waals surface area (Å²) in [6, 6.07) is 0. The number of aliphatic hydroxyl groups excluding tert-OH is 6. The summed E-state index contributed by atoms with van der Waals surface area (Å²) in [5.41, 5.74) is 0. The fourth-order valence-electron chi connectivity index (χ4n) is 2.13. The summed E-state index contributed by atoms with van der Waals surface area (Å²) in [6.07, 6.45) is -11.7. The predicted molar refractivity (Wildman–Crippen MR) is 74.0 cm³/mol.